The first-order chi connectivity index (χ1) is 13.5. The van der Waals surface area contributed by atoms with Crippen molar-refractivity contribution in [1.82, 2.24) is 19.2 Å². The normalized spacial score (nSPS) is 17.6. The molecule has 0 unspecified atom stereocenters. The number of aromatic nitrogens is 3. The Morgan fingerprint density at radius 3 is 2.43 bits per heavy atom. The topological polar surface area (TPSA) is 78.6 Å². The second-order valence-electron chi connectivity index (χ2n) is 7.50. The maximum atomic E-state index is 13.0. The lowest BCUT2D eigenvalue weighted by molar-refractivity contribution is 0.0689. The third-order valence-corrected chi connectivity index (χ3v) is 5.68. The Labute approximate surface area is 163 Å². The number of carbonyl (C=O) groups is 1. The van der Waals surface area contributed by atoms with Gasteiger partial charge in [0, 0.05) is 38.2 Å². The van der Waals surface area contributed by atoms with Crippen LogP contribution in [-0.2, 0) is 7.05 Å². The summed E-state index contributed by atoms with van der Waals surface area (Å²) in [6.45, 7) is 1.20. The quantitative estimate of drug-likeness (QED) is 0.785. The van der Waals surface area contributed by atoms with E-state index >= 15 is 0 Å². The van der Waals surface area contributed by atoms with Crippen molar-refractivity contribution in [3.05, 3.63) is 40.1 Å². The van der Waals surface area contributed by atoms with Crippen LogP contribution in [0.1, 0.15) is 53.8 Å². The van der Waals surface area contributed by atoms with E-state index in [1.807, 2.05) is 9.47 Å². The van der Waals surface area contributed by atoms with Crippen molar-refractivity contribution >= 4 is 5.91 Å². The summed E-state index contributed by atoms with van der Waals surface area (Å²) in [5.41, 5.74) is 0.475. The molecule has 0 radical (unpaired) electrons. The fraction of sp³-hybridized carbons (Fsp3) is 0.550. The van der Waals surface area contributed by atoms with Gasteiger partial charge >= 0.3 is 5.69 Å². The van der Waals surface area contributed by atoms with Crippen molar-refractivity contribution in [2.45, 2.75) is 37.6 Å². The lowest BCUT2D eigenvalue weighted by atomic mass is 10.0. The summed E-state index contributed by atoms with van der Waals surface area (Å²) in [6, 6.07) is 5.32. The van der Waals surface area contributed by atoms with Gasteiger partial charge in [-0.2, -0.15) is 5.10 Å². The van der Waals surface area contributed by atoms with E-state index in [0.29, 0.717) is 36.1 Å². The van der Waals surface area contributed by atoms with Crippen molar-refractivity contribution in [3.63, 3.8) is 0 Å². The molecule has 4 rings (SSSR count). The van der Waals surface area contributed by atoms with Crippen LogP contribution in [0, 0.1) is 0 Å². The third-order valence-electron chi connectivity index (χ3n) is 5.68. The molecule has 1 amide bonds. The molecule has 2 heterocycles. The Kier molecular flexibility index (Phi) is 4.87. The van der Waals surface area contributed by atoms with Gasteiger partial charge in [-0.15, -0.1) is 0 Å². The molecule has 1 aliphatic carbocycles. The molecule has 0 spiro atoms. The van der Waals surface area contributed by atoms with E-state index < -0.39 is 0 Å². The smallest absolute Gasteiger partial charge is 0.345 e. The monoisotopic (exact) mass is 386 g/mol. The van der Waals surface area contributed by atoms with Gasteiger partial charge in [-0.3, -0.25) is 9.36 Å². The van der Waals surface area contributed by atoms with E-state index in [-0.39, 0.29) is 17.6 Å². The number of methoxy groups -OCH3 is 2. The molecular formula is C20H26N4O4. The van der Waals surface area contributed by atoms with Crippen molar-refractivity contribution < 1.29 is 14.3 Å². The van der Waals surface area contributed by atoms with Gasteiger partial charge in [-0.05, 0) is 37.8 Å². The van der Waals surface area contributed by atoms with Crippen LogP contribution in [0.25, 0.3) is 0 Å². The maximum absolute atomic E-state index is 13.0. The molecule has 0 bridgehead atoms. The van der Waals surface area contributed by atoms with Gasteiger partial charge in [0.15, 0.2) is 0 Å². The van der Waals surface area contributed by atoms with Crippen LogP contribution >= 0.6 is 0 Å². The predicted octanol–water partition coefficient (Wildman–Crippen LogP) is 1.95. The zero-order valence-corrected chi connectivity index (χ0v) is 16.6. The van der Waals surface area contributed by atoms with Crippen LogP contribution in [0.15, 0.2) is 23.0 Å². The molecule has 1 saturated carbocycles. The predicted molar refractivity (Wildman–Crippen MR) is 103 cm³/mol. The number of piperidine rings is 1. The maximum Gasteiger partial charge on any atom is 0.345 e. The lowest BCUT2D eigenvalue weighted by Gasteiger charge is -2.33. The van der Waals surface area contributed by atoms with E-state index in [9.17, 15) is 9.59 Å². The zero-order valence-electron chi connectivity index (χ0n) is 16.6. The highest BCUT2D eigenvalue weighted by Gasteiger charge is 2.34. The zero-order chi connectivity index (χ0) is 19.8. The first-order valence-corrected chi connectivity index (χ1v) is 9.70. The number of hydrogen-bond acceptors (Lipinski definition) is 5. The van der Waals surface area contributed by atoms with Crippen molar-refractivity contribution in [2.75, 3.05) is 27.3 Å². The summed E-state index contributed by atoms with van der Waals surface area (Å²) in [5.74, 6) is 2.42. The number of hydrogen-bond donors (Lipinski definition) is 0. The Bertz CT molecular complexity index is 936. The van der Waals surface area contributed by atoms with E-state index in [0.717, 1.165) is 31.5 Å². The van der Waals surface area contributed by atoms with E-state index in [1.54, 1.807) is 39.5 Å². The molecule has 8 nitrogen and oxygen atoms in total. The molecule has 2 aliphatic rings. The molecule has 2 aromatic rings. The Morgan fingerprint density at radius 1 is 1.11 bits per heavy atom. The number of carbonyl (C=O) groups excluding carboxylic acids is 1. The van der Waals surface area contributed by atoms with Crippen molar-refractivity contribution in [3.8, 4) is 11.5 Å². The number of aryl methyl sites for hydroxylation is 1. The molecule has 0 atom stereocenters. The first kappa shape index (κ1) is 18.6. The van der Waals surface area contributed by atoms with E-state index in [1.165, 1.54) is 4.68 Å². The van der Waals surface area contributed by atoms with Crippen LogP contribution in [0.2, 0.25) is 0 Å². The number of likely N-dealkylation sites (tertiary alicyclic amines) is 1. The van der Waals surface area contributed by atoms with Crippen LogP contribution in [0.3, 0.4) is 0 Å². The number of benzene rings is 1. The average molecular weight is 386 g/mol. The molecule has 1 aromatic carbocycles. The molecule has 28 heavy (non-hydrogen) atoms. The van der Waals surface area contributed by atoms with Crippen LogP contribution in [0.5, 0.6) is 11.5 Å². The Morgan fingerprint density at radius 2 is 1.82 bits per heavy atom. The second-order valence-corrected chi connectivity index (χ2v) is 7.50. The fourth-order valence-electron chi connectivity index (χ4n) is 3.93. The number of rotatable bonds is 5. The van der Waals surface area contributed by atoms with Crippen LogP contribution in [-0.4, -0.2) is 52.5 Å². The molecule has 1 saturated heterocycles. The molecule has 1 aliphatic heterocycles. The molecule has 150 valence electrons. The Hall–Kier alpha value is -2.77. The van der Waals surface area contributed by atoms with Gasteiger partial charge in [-0.1, -0.05) is 0 Å². The summed E-state index contributed by atoms with van der Waals surface area (Å²) in [5, 5.41) is 4.45. The second kappa shape index (κ2) is 7.33. The van der Waals surface area contributed by atoms with E-state index in [2.05, 4.69) is 5.10 Å². The largest absolute Gasteiger partial charge is 0.497 e. The van der Waals surface area contributed by atoms with E-state index in [4.69, 9.17) is 9.47 Å². The minimum Gasteiger partial charge on any atom is -0.497 e. The minimum atomic E-state index is -0.0566. The highest BCUT2D eigenvalue weighted by Crippen LogP contribution is 2.40. The van der Waals surface area contributed by atoms with Gasteiger partial charge in [0.2, 0.25) is 0 Å². The summed E-state index contributed by atoms with van der Waals surface area (Å²) < 4.78 is 13.9. The van der Waals surface area contributed by atoms with Gasteiger partial charge in [-0.25, -0.2) is 9.48 Å². The molecule has 1 aromatic heterocycles. The average Bonchev–Trinajstić information content (AvgIpc) is 3.53. The van der Waals surface area contributed by atoms with Crippen LogP contribution in [0.4, 0.5) is 0 Å². The Balaban J connectivity index is 1.49. The molecule has 2 fully saturated rings. The standard InChI is InChI=1S/C20H26N4O4/c1-22-20(26)24(18(21-22)13-4-5-13)14-8-10-23(11-9-14)19(25)16-7-6-15(27-2)12-17(16)28-3/h6-7,12-14H,4-5,8-11H2,1-3H3. The molecular weight excluding hydrogens is 360 g/mol. The minimum absolute atomic E-state index is 0.0523. The van der Waals surface area contributed by atoms with Crippen molar-refractivity contribution in [2.24, 2.45) is 7.05 Å². The SMILES string of the molecule is COc1ccc(C(=O)N2CCC(n3c(C4CC4)nn(C)c3=O)CC2)c(OC)c1. The third kappa shape index (κ3) is 3.27. The summed E-state index contributed by atoms with van der Waals surface area (Å²) in [4.78, 5) is 27.4. The summed E-state index contributed by atoms with van der Waals surface area (Å²) in [7, 11) is 4.84. The summed E-state index contributed by atoms with van der Waals surface area (Å²) >= 11 is 0. The van der Waals surface area contributed by atoms with Gasteiger partial charge in [0.1, 0.15) is 17.3 Å². The van der Waals surface area contributed by atoms with Crippen LogP contribution < -0.4 is 15.2 Å². The number of amides is 1. The van der Waals surface area contributed by atoms with Gasteiger partial charge in [0.25, 0.3) is 5.91 Å². The summed E-state index contributed by atoms with van der Waals surface area (Å²) in [6.07, 6.45) is 3.70. The van der Waals surface area contributed by atoms with Gasteiger partial charge in [0.05, 0.1) is 19.8 Å². The highest BCUT2D eigenvalue weighted by atomic mass is 16.5. The lowest BCUT2D eigenvalue weighted by Crippen LogP contribution is -2.41. The number of nitrogens with zero attached hydrogens (tertiary/aromatic N) is 4. The highest BCUT2D eigenvalue weighted by molar-refractivity contribution is 5.97. The number of ether oxygens (including phenoxy) is 2. The van der Waals surface area contributed by atoms with Gasteiger partial charge < -0.3 is 14.4 Å². The van der Waals surface area contributed by atoms with Crippen molar-refractivity contribution in [1.29, 1.82) is 0 Å². The molecule has 0 N–H and O–H groups in total. The first-order valence-electron chi connectivity index (χ1n) is 9.70. The fourth-order valence-corrected chi connectivity index (χ4v) is 3.93. The molecule has 8 heteroatoms.